The maximum Gasteiger partial charge on any atom is 0.313 e. The van der Waals surface area contributed by atoms with Crippen LogP contribution in [0.3, 0.4) is 0 Å². The minimum Gasteiger partial charge on any atom is -0.481 e. The van der Waals surface area contributed by atoms with Crippen LogP contribution in [0, 0.1) is 0 Å². The number of carboxylic acid groups (broad SMARTS) is 1. The SMILES string of the molecule is O=C(O)CSc1nc(=O)ccn1-c1cncc(Br)c1. The van der Waals surface area contributed by atoms with E-state index in [1.165, 1.54) is 6.07 Å². The summed E-state index contributed by atoms with van der Waals surface area (Å²) in [6, 6.07) is 3.11. The highest BCUT2D eigenvalue weighted by Gasteiger charge is 2.09. The molecule has 19 heavy (non-hydrogen) atoms. The third kappa shape index (κ3) is 3.65. The monoisotopic (exact) mass is 341 g/mol. The van der Waals surface area contributed by atoms with Crippen LogP contribution in [0.4, 0.5) is 0 Å². The highest BCUT2D eigenvalue weighted by molar-refractivity contribution is 9.10. The van der Waals surface area contributed by atoms with Gasteiger partial charge in [0.25, 0.3) is 5.56 Å². The van der Waals surface area contributed by atoms with E-state index in [0.717, 1.165) is 16.2 Å². The van der Waals surface area contributed by atoms with Crippen molar-refractivity contribution in [2.75, 3.05) is 5.75 Å². The van der Waals surface area contributed by atoms with Crippen LogP contribution >= 0.6 is 27.7 Å². The van der Waals surface area contributed by atoms with Gasteiger partial charge in [0.1, 0.15) is 0 Å². The molecule has 0 radical (unpaired) electrons. The Balaban J connectivity index is 2.44. The molecule has 2 aromatic rings. The molecule has 98 valence electrons. The van der Waals surface area contributed by atoms with E-state index < -0.39 is 11.5 Å². The van der Waals surface area contributed by atoms with E-state index in [1.54, 1.807) is 29.2 Å². The Hall–Kier alpha value is -1.67. The Morgan fingerprint density at radius 2 is 2.26 bits per heavy atom. The van der Waals surface area contributed by atoms with Crippen molar-refractivity contribution in [1.29, 1.82) is 0 Å². The Kier molecular flexibility index (Phi) is 4.33. The van der Waals surface area contributed by atoms with Gasteiger partial charge in [-0.1, -0.05) is 11.8 Å². The van der Waals surface area contributed by atoms with Crippen molar-refractivity contribution < 1.29 is 9.90 Å². The summed E-state index contributed by atoms with van der Waals surface area (Å²) in [6.45, 7) is 0. The van der Waals surface area contributed by atoms with Crippen LogP contribution < -0.4 is 5.56 Å². The van der Waals surface area contributed by atoms with Gasteiger partial charge < -0.3 is 5.11 Å². The van der Waals surface area contributed by atoms with Gasteiger partial charge in [0.05, 0.1) is 17.6 Å². The predicted molar refractivity (Wildman–Crippen MR) is 73.7 cm³/mol. The van der Waals surface area contributed by atoms with E-state index in [2.05, 4.69) is 25.9 Å². The topological polar surface area (TPSA) is 85.1 Å². The van der Waals surface area contributed by atoms with Crippen molar-refractivity contribution in [3.05, 3.63) is 45.5 Å². The molecule has 0 saturated carbocycles. The molecular formula is C11H8BrN3O3S. The second-order valence-electron chi connectivity index (χ2n) is 3.46. The molecule has 0 saturated heterocycles. The summed E-state index contributed by atoms with van der Waals surface area (Å²) in [5.41, 5.74) is 0.279. The number of halogens is 1. The molecule has 2 heterocycles. The van der Waals surface area contributed by atoms with Gasteiger partial charge in [0.2, 0.25) is 0 Å². The van der Waals surface area contributed by atoms with E-state index >= 15 is 0 Å². The van der Waals surface area contributed by atoms with Gasteiger partial charge in [0, 0.05) is 22.9 Å². The lowest BCUT2D eigenvalue weighted by Gasteiger charge is -2.10. The highest BCUT2D eigenvalue weighted by Crippen LogP contribution is 2.20. The minimum absolute atomic E-state index is 0.169. The molecule has 0 aliphatic rings. The van der Waals surface area contributed by atoms with Crippen molar-refractivity contribution in [3.8, 4) is 5.69 Å². The molecule has 0 bridgehead atoms. The van der Waals surface area contributed by atoms with Gasteiger partial charge in [0.15, 0.2) is 5.16 Å². The van der Waals surface area contributed by atoms with Crippen LogP contribution in [0.25, 0.3) is 5.69 Å². The van der Waals surface area contributed by atoms with Crippen LogP contribution in [0.15, 0.2) is 45.1 Å². The Morgan fingerprint density at radius 1 is 1.47 bits per heavy atom. The van der Waals surface area contributed by atoms with Crippen LogP contribution in [-0.4, -0.2) is 31.4 Å². The smallest absolute Gasteiger partial charge is 0.313 e. The highest BCUT2D eigenvalue weighted by atomic mass is 79.9. The Labute approximate surface area is 120 Å². The van der Waals surface area contributed by atoms with E-state index in [9.17, 15) is 9.59 Å². The number of aliphatic carboxylic acids is 1. The number of carboxylic acids is 1. The molecule has 6 nitrogen and oxygen atoms in total. The number of thioether (sulfide) groups is 1. The average Bonchev–Trinajstić information content (AvgIpc) is 2.36. The summed E-state index contributed by atoms with van der Waals surface area (Å²) in [4.78, 5) is 29.7. The van der Waals surface area contributed by atoms with Crippen molar-refractivity contribution in [3.63, 3.8) is 0 Å². The molecule has 1 N–H and O–H groups in total. The largest absolute Gasteiger partial charge is 0.481 e. The van der Waals surface area contributed by atoms with E-state index in [-0.39, 0.29) is 5.75 Å². The molecule has 0 unspecified atom stereocenters. The molecule has 2 aromatic heterocycles. The first kappa shape index (κ1) is 13.8. The molecule has 0 aliphatic carbocycles. The minimum atomic E-state index is -0.970. The normalized spacial score (nSPS) is 10.4. The van der Waals surface area contributed by atoms with Gasteiger partial charge in [-0.3, -0.25) is 19.1 Å². The second-order valence-corrected chi connectivity index (χ2v) is 5.32. The van der Waals surface area contributed by atoms with Crippen molar-refractivity contribution in [2.24, 2.45) is 0 Å². The van der Waals surface area contributed by atoms with E-state index in [0.29, 0.717) is 10.8 Å². The van der Waals surface area contributed by atoms with Gasteiger partial charge in [-0.15, -0.1) is 0 Å². The maximum absolute atomic E-state index is 11.3. The summed E-state index contributed by atoms with van der Waals surface area (Å²) in [7, 11) is 0. The molecule has 2 rings (SSSR count). The average molecular weight is 342 g/mol. The molecule has 0 aliphatic heterocycles. The lowest BCUT2D eigenvalue weighted by atomic mass is 10.4. The summed E-state index contributed by atoms with van der Waals surface area (Å²) in [6.07, 6.45) is 4.77. The fourth-order valence-corrected chi connectivity index (χ4v) is 2.41. The zero-order valence-electron chi connectivity index (χ0n) is 9.49. The molecule has 0 aromatic carbocycles. The summed E-state index contributed by atoms with van der Waals surface area (Å²) < 4.78 is 2.39. The number of carbonyl (C=O) groups is 1. The number of pyridine rings is 1. The summed E-state index contributed by atoms with van der Waals surface area (Å²) in [5, 5.41) is 9.01. The van der Waals surface area contributed by atoms with Gasteiger partial charge in [-0.25, -0.2) is 0 Å². The van der Waals surface area contributed by atoms with Crippen molar-refractivity contribution in [2.45, 2.75) is 5.16 Å². The van der Waals surface area contributed by atoms with Gasteiger partial charge >= 0.3 is 5.97 Å². The Morgan fingerprint density at radius 3 is 2.95 bits per heavy atom. The first-order valence-electron chi connectivity index (χ1n) is 5.11. The third-order valence-electron chi connectivity index (χ3n) is 2.07. The quantitative estimate of drug-likeness (QED) is 0.671. The molecule has 0 fully saturated rings. The standard InChI is InChI=1S/C11H8BrN3O3S/c12-7-3-8(5-13-4-7)15-2-1-9(16)14-11(15)19-6-10(17)18/h1-5H,6H2,(H,17,18). The number of hydrogen-bond acceptors (Lipinski definition) is 5. The number of aromatic nitrogens is 3. The molecule has 0 spiro atoms. The molecule has 0 atom stereocenters. The second kappa shape index (κ2) is 5.98. The van der Waals surface area contributed by atoms with Crippen LogP contribution in [-0.2, 0) is 4.79 Å². The summed E-state index contributed by atoms with van der Waals surface area (Å²) in [5.74, 6) is -1.14. The van der Waals surface area contributed by atoms with Crippen LogP contribution in [0.5, 0.6) is 0 Å². The first-order valence-corrected chi connectivity index (χ1v) is 6.89. The van der Waals surface area contributed by atoms with E-state index in [1.807, 2.05) is 0 Å². The maximum atomic E-state index is 11.3. The molecule has 0 amide bonds. The fourth-order valence-electron chi connectivity index (χ4n) is 1.34. The Bertz CT molecular complexity index is 674. The lowest BCUT2D eigenvalue weighted by molar-refractivity contribution is -0.133. The molecule has 8 heteroatoms. The van der Waals surface area contributed by atoms with Crippen LogP contribution in [0.2, 0.25) is 0 Å². The van der Waals surface area contributed by atoms with Crippen molar-refractivity contribution in [1.82, 2.24) is 14.5 Å². The zero-order chi connectivity index (χ0) is 13.8. The van der Waals surface area contributed by atoms with Crippen molar-refractivity contribution >= 4 is 33.7 Å². The predicted octanol–water partition coefficient (Wildman–Crippen LogP) is 1.57. The van der Waals surface area contributed by atoms with E-state index in [4.69, 9.17) is 5.11 Å². The zero-order valence-corrected chi connectivity index (χ0v) is 11.9. The number of rotatable bonds is 4. The molecular weight excluding hydrogens is 334 g/mol. The number of nitrogens with zero attached hydrogens (tertiary/aromatic N) is 3. The van der Waals surface area contributed by atoms with Gasteiger partial charge in [-0.2, -0.15) is 4.98 Å². The third-order valence-corrected chi connectivity index (χ3v) is 3.44. The summed E-state index contributed by atoms with van der Waals surface area (Å²) >= 11 is 4.28. The lowest BCUT2D eigenvalue weighted by Crippen LogP contribution is -2.13. The first-order chi connectivity index (χ1) is 9.06. The number of hydrogen-bond donors (Lipinski definition) is 1. The fraction of sp³-hybridized carbons (Fsp3) is 0.0909. The van der Waals surface area contributed by atoms with Crippen LogP contribution in [0.1, 0.15) is 0 Å². The van der Waals surface area contributed by atoms with Gasteiger partial charge in [-0.05, 0) is 22.0 Å².